The minimum absolute atomic E-state index is 0.0790. The minimum atomic E-state index is -3.80. The SMILES string of the molecule is O=C(O)c1cccc(CS(=O)(=O)c2ccc(F)c(Cl)c2)n1. The molecule has 0 unspecified atom stereocenters. The molecular formula is C13H9ClFNO4S. The fourth-order valence-electron chi connectivity index (χ4n) is 1.63. The average Bonchev–Trinajstić information content (AvgIpc) is 2.41. The van der Waals surface area contributed by atoms with Crippen LogP contribution in [0, 0.1) is 5.82 Å². The summed E-state index contributed by atoms with van der Waals surface area (Å²) in [5.41, 5.74) is -0.171. The van der Waals surface area contributed by atoms with Crippen LogP contribution >= 0.6 is 11.6 Å². The maximum Gasteiger partial charge on any atom is 0.354 e. The van der Waals surface area contributed by atoms with E-state index in [4.69, 9.17) is 16.7 Å². The van der Waals surface area contributed by atoms with Crippen molar-refractivity contribution in [2.24, 2.45) is 0 Å². The number of halogens is 2. The summed E-state index contributed by atoms with van der Waals surface area (Å²) < 4.78 is 37.4. The van der Waals surface area contributed by atoms with Gasteiger partial charge in [-0.15, -0.1) is 0 Å². The predicted octanol–water partition coefficient (Wildman–Crippen LogP) is 2.55. The molecule has 8 heteroatoms. The fraction of sp³-hybridized carbons (Fsp3) is 0.0769. The highest BCUT2D eigenvalue weighted by atomic mass is 35.5. The molecule has 0 bridgehead atoms. The van der Waals surface area contributed by atoms with Crippen LogP contribution in [0.5, 0.6) is 0 Å². The first-order valence-corrected chi connectivity index (χ1v) is 7.69. The standard InChI is InChI=1S/C13H9ClFNO4S/c14-10-6-9(4-5-11(10)15)21(19,20)7-8-2-1-3-12(16-8)13(17)18/h1-6H,7H2,(H,17,18). The second-order valence-electron chi connectivity index (χ2n) is 4.15. The van der Waals surface area contributed by atoms with Crippen molar-refractivity contribution in [2.45, 2.75) is 10.6 Å². The molecule has 2 aromatic rings. The molecule has 0 spiro atoms. The van der Waals surface area contributed by atoms with Gasteiger partial charge in [0.25, 0.3) is 0 Å². The summed E-state index contributed by atoms with van der Waals surface area (Å²) in [6, 6.07) is 7.11. The van der Waals surface area contributed by atoms with Gasteiger partial charge in [-0.2, -0.15) is 0 Å². The van der Waals surface area contributed by atoms with Crippen LogP contribution in [0.4, 0.5) is 4.39 Å². The van der Waals surface area contributed by atoms with E-state index >= 15 is 0 Å². The third kappa shape index (κ3) is 3.56. The summed E-state index contributed by atoms with van der Waals surface area (Å²) in [7, 11) is -3.80. The van der Waals surface area contributed by atoms with Crippen LogP contribution in [0.1, 0.15) is 16.2 Å². The molecule has 2 rings (SSSR count). The molecule has 0 aliphatic rings. The Hall–Kier alpha value is -1.99. The van der Waals surface area contributed by atoms with Crippen molar-refractivity contribution < 1.29 is 22.7 Å². The predicted molar refractivity (Wildman–Crippen MR) is 73.5 cm³/mol. The third-order valence-electron chi connectivity index (χ3n) is 2.61. The minimum Gasteiger partial charge on any atom is -0.477 e. The zero-order valence-corrected chi connectivity index (χ0v) is 12.0. The number of hydrogen-bond donors (Lipinski definition) is 1. The molecule has 0 aliphatic heterocycles. The molecule has 0 amide bonds. The van der Waals surface area contributed by atoms with Crippen LogP contribution in [0.2, 0.25) is 5.02 Å². The van der Waals surface area contributed by atoms with Gasteiger partial charge in [0.15, 0.2) is 9.84 Å². The highest BCUT2D eigenvalue weighted by molar-refractivity contribution is 7.90. The number of carboxylic acids is 1. The van der Waals surface area contributed by atoms with Crippen LogP contribution in [-0.2, 0) is 15.6 Å². The molecule has 0 fully saturated rings. The first kappa shape index (κ1) is 15.4. The Morgan fingerprint density at radius 1 is 1.29 bits per heavy atom. The number of benzene rings is 1. The lowest BCUT2D eigenvalue weighted by Crippen LogP contribution is -2.09. The second-order valence-corrected chi connectivity index (χ2v) is 6.55. The number of rotatable bonds is 4. The normalized spacial score (nSPS) is 11.3. The van der Waals surface area contributed by atoms with E-state index in [2.05, 4.69) is 4.98 Å². The molecule has 21 heavy (non-hydrogen) atoms. The van der Waals surface area contributed by atoms with Gasteiger partial charge < -0.3 is 5.11 Å². The van der Waals surface area contributed by atoms with E-state index < -0.39 is 27.4 Å². The number of nitrogens with zero attached hydrogens (tertiary/aromatic N) is 1. The lowest BCUT2D eigenvalue weighted by atomic mass is 10.3. The number of carbonyl (C=O) groups is 1. The number of aromatic nitrogens is 1. The maximum atomic E-state index is 13.1. The zero-order valence-electron chi connectivity index (χ0n) is 10.5. The third-order valence-corrected chi connectivity index (χ3v) is 4.55. The molecule has 0 aliphatic carbocycles. The number of pyridine rings is 1. The van der Waals surface area contributed by atoms with E-state index in [1.54, 1.807) is 0 Å². The van der Waals surface area contributed by atoms with Crippen molar-refractivity contribution in [3.63, 3.8) is 0 Å². The van der Waals surface area contributed by atoms with Gasteiger partial charge in [0.1, 0.15) is 11.5 Å². The monoisotopic (exact) mass is 329 g/mol. The molecule has 0 saturated carbocycles. The molecule has 1 heterocycles. The van der Waals surface area contributed by atoms with Gasteiger partial charge >= 0.3 is 5.97 Å². The topological polar surface area (TPSA) is 84.3 Å². The van der Waals surface area contributed by atoms with Gasteiger partial charge in [-0.1, -0.05) is 17.7 Å². The number of aromatic carboxylic acids is 1. The molecule has 0 radical (unpaired) electrons. The van der Waals surface area contributed by atoms with Crippen LogP contribution in [-0.4, -0.2) is 24.5 Å². The summed E-state index contributed by atoms with van der Waals surface area (Å²) in [6.07, 6.45) is 0. The van der Waals surface area contributed by atoms with Gasteiger partial charge in [0.2, 0.25) is 0 Å². The first-order chi connectivity index (χ1) is 9.79. The lowest BCUT2D eigenvalue weighted by molar-refractivity contribution is 0.0690. The van der Waals surface area contributed by atoms with Crippen LogP contribution in [0.25, 0.3) is 0 Å². The largest absolute Gasteiger partial charge is 0.477 e. The van der Waals surface area contributed by atoms with Crippen molar-refractivity contribution in [1.82, 2.24) is 4.98 Å². The maximum absolute atomic E-state index is 13.1. The van der Waals surface area contributed by atoms with E-state index in [0.717, 1.165) is 18.2 Å². The summed E-state index contributed by atoms with van der Waals surface area (Å²) in [5, 5.41) is 8.52. The molecule has 1 aromatic heterocycles. The number of carboxylic acid groups (broad SMARTS) is 1. The Morgan fingerprint density at radius 2 is 2.00 bits per heavy atom. The van der Waals surface area contributed by atoms with Crippen LogP contribution < -0.4 is 0 Å². The second kappa shape index (κ2) is 5.79. The van der Waals surface area contributed by atoms with E-state index in [9.17, 15) is 17.6 Å². The molecule has 0 saturated heterocycles. The number of sulfone groups is 1. The van der Waals surface area contributed by atoms with Gasteiger partial charge in [-0.3, -0.25) is 0 Å². The Bertz CT molecular complexity index is 808. The molecule has 5 nitrogen and oxygen atoms in total. The van der Waals surface area contributed by atoms with Crippen molar-refractivity contribution in [2.75, 3.05) is 0 Å². The van der Waals surface area contributed by atoms with Crippen molar-refractivity contribution in [1.29, 1.82) is 0 Å². The van der Waals surface area contributed by atoms with Gasteiger partial charge in [-0.25, -0.2) is 22.6 Å². The van der Waals surface area contributed by atoms with E-state index in [1.807, 2.05) is 0 Å². The Balaban J connectivity index is 2.35. The molecular weight excluding hydrogens is 321 g/mol. The van der Waals surface area contributed by atoms with E-state index in [-0.39, 0.29) is 21.3 Å². The number of hydrogen-bond acceptors (Lipinski definition) is 4. The highest BCUT2D eigenvalue weighted by Gasteiger charge is 2.18. The molecule has 1 N–H and O–H groups in total. The quantitative estimate of drug-likeness (QED) is 0.871. The first-order valence-electron chi connectivity index (χ1n) is 5.66. The smallest absolute Gasteiger partial charge is 0.354 e. The summed E-state index contributed by atoms with van der Waals surface area (Å²) >= 11 is 5.56. The lowest BCUT2D eigenvalue weighted by Gasteiger charge is -2.06. The Kier molecular flexibility index (Phi) is 4.24. The van der Waals surface area contributed by atoms with E-state index in [0.29, 0.717) is 0 Å². The Morgan fingerprint density at radius 3 is 2.62 bits per heavy atom. The molecule has 0 atom stereocenters. The van der Waals surface area contributed by atoms with Crippen LogP contribution in [0.15, 0.2) is 41.3 Å². The molecule has 1 aromatic carbocycles. The van der Waals surface area contributed by atoms with E-state index in [1.165, 1.54) is 18.2 Å². The zero-order chi connectivity index (χ0) is 15.6. The van der Waals surface area contributed by atoms with Crippen molar-refractivity contribution in [3.05, 3.63) is 58.6 Å². The van der Waals surface area contributed by atoms with Gasteiger partial charge in [0, 0.05) is 0 Å². The average molecular weight is 330 g/mol. The summed E-state index contributed by atoms with van der Waals surface area (Å²) in [6.45, 7) is 0. The Labute approximate surface area is 124 Å². The summed E-state index contributed by atoms with van der Waals surface area (Å²) in [4.78, 5) is 14.4. The highest BCUT2D eigenvalue weighted by Crippen LogP contribution is 2.22. The van der Waals surface area contributed by atoms with Crippen LogP contribution in [0.3, 0.4) is 0 Å². The summed E-state index contributed by atoms with van der Waals surface area (Å²) in [5.74, 6) is -2.48. The van der Waals surface area contributed by atoms with Gasteiger partial charge in [-0.05, 0) is 30.3 Å². The fourth-order valence-corrected chi connectivity index (χ4v) is 3.16. The van der Waals surface area contributed by atoms with Crippen molar-refractivity contribution >= 4 is 27.4 Å². The van der Waals surface area contributed by atoms with Crippen molar-refractivity contribution in [3.8, 4) is 0 Å². The molecule has 110 valence electrons. The van der Waals surface area contributed by atoms with Gasteiger partial charge in [0.05, 0.1) is 21.4 Å².